The van der Waals surface area contributed by atoms with Crippen LogP contribution in [-0.2, 0) is 0 Å². The van der Waals surface area contributed by atoms with Crippen LogP contribution in [0.15, 0.2) is 48.5 Å². The van der Waals surface area contributed by atoms with Crippen molar-refractivity contribution in [2.45, 2.75) is 58.5 Å². The molecule has 2 aromatic carbocycles. The molecule has 35 heavy (non-hydrogen) atoms. The zero-order valence-electron chi connectivity index (χ0n) is 20.2. The molecule has 1 fully saturated rings. The van der Waals surface area contributed by atoms with Gasteiger partial charge in [-0.05, 0) is 88.4 Å². The molecule has 0 aliphatic heterocycles. The fourth-order valence-corrected chi connectivity index (χ4v) is 4.91. The number of carbonyl (C=O) groups is 1. The van der Waals surface area contributed by atoms with Crippen LogP contribution in [0.2, 0.25) is 5.02 Å². The molecule has 1 aliphatic carbocycles. The van der Waals surface area contributed by atoms with E-state index in [-0.39, 0.29) is 18.0 Å². The van der Waals surface area contributed by atoms with E-state index in [0.717, 1.165) is 53.9 Å². The van der Waals surface area contributed by atoms with E-state index in [0.29, 0.717) is 16.4 Å². The van der Waals surface area contributed by atoms with Gasteiger partial charge in [0.25, 0.3) is 5.91 Å². The third kappa shape index (κ3) is 5.00. The summed E-state index contributed by atoms with van der Waals surface area (Å²) in [5.74, 6) is 1.49. The van der Waals surface area contributed by atoms with E-state index < -0.39 is 0 Å². The van der Waals surface area contributed by atoms with Crippen molar-refractivity contribution in [1.29, 1.82) is 0 Å². The third-order valence-corrected chi connectivity index (χ3v) is 6.82. The van der Waals surface area contributed by atoms with Gasteiger partial charge in [0.2, 0.25) is 0 Å². The highest BCUT2D eigenvalue weighted by Gasteiger charge is 2.25. The Balaban J connectivity index is 1.30. The number of aromatic nitrogens is 4. The minimum atomic E-state index is -0.0506. The maximum absolute atomic E-state index is 12.6. The minimum absolute atomic E-state index is 0.0506. The maximum Gasteiger partial charge on any atom is 0.251 e. The van der Waals surface area contributed by atoms with Crippen LogP contribution < -0.4 is 10.6 Å². The van der Waals surface area contributed by atoms with Crippen LogP contribution in [0.3, 0.4) is 0 Å². The first kappa shape index (κ1) is 23.3. The number of benzene rings is 2. The summed E-state index contributed by atoms with van der Waals surface area (Å²) >= 11 is 5.93. The molecule has 5 rings (SSSR count). The normalized spacial score (nSPS) is 17.9. The van der Waals surface area contributed by atoms with E-state index >= 15 is 0 Å². The van der Waals surface area contributed by atoms with Crippen molar-refractivity contribution < 1.29 is 4.79 Å². The quantitative estimate of drug-likeness (QED) is 0.385. The molecular formula is C27H29ClN6O. The Morgan fingerprint density at radius 1 is 0.971 bits per heavy atom. The molecule has 0 radical (unpaired) electrons. The zero-order valence-corrected chi connectivity index (χ0v) is 20.9. The first-order valence-corrected chi connectivity index (χ1v) is 12.4. The molecule has 1 aliphatic rings. The van der Waals surface area contributed by atoms with Gasteiger partial charge in [-0.2, -0.15) is 5.10 Å². The lowest BCUT2D eigenvalue weighted by Crippen LogP contribution is -2.40. The van der Waals surface area contributed by atoms with Gasteiger partial charge in [0.1, 0.15) is 11.6 Å². The summed E-state index contributed by atoms with van der Waals surface area (Å²) in [4.78, 5) is 22.0. The fourth-order valence-electron chi connectivity index (χ4n) is 4.78. The molecule has 0 unspecified atom stereocenters. The Hall–Kier alpha value is -3.45. The van der Waals surface area contributed by atoms with Crippen LogP contribution in [0.5, 0.6) is 0 Å². The van der Waals surface area contributed by atoms with Crippen molar-refractivity contribution in [2.24, 2.45) is 0 Å². The monoisotopic (exact) mass is 488 g/mol. The average molecular weight is 489 g/mol. The molecule has 2 N–H and O–H groups in total. The second-order valence-corrected chi connectivity index (χ2v) is 9.76. The van der Waals surface area contributed by atoms with Crippen molar-refractivity contribution in [2.75, 3.05) is 5.32 Å². The van der Waals surface area contributed by atoms with Crippen LogP contribution in [0.1, 0.15) is 53.1 Å². The molecule has 0 bridgehead atoms. The standard InChI is InChI=1S/C27H29ClN6O/c1-16-5-4-6-23(15-16)34-26-24(17(2)33-34)25(29-18(3)30-26)31-21-11-13-22(14-12-21)32-27(35)19-7-9-20(28)10-8-19/h4-10,15,21-22H,11-14H2,1-3H3,(H,32,35)(H,29,30,31). The molecule has 0 spiro atoms. The summed E-state index contributed by atoms with van der Waals surface area (Å²) in [6.07, 6.45) is 3.71. The van der Waals surface area contributed by atoms with Crippen molar-refractivity contribution in [3.05, 3.63) is 76.2 Å². The van der Waals surface area contributed by atoms with Gasteiger partial charge in [0.15, 0.2) is 5.65 Å². The number of nitrogens with one attached hydrogen (secondary N) is 2. The predicted molar refractivity (Wildman–Crippen MR) is 139 cm³/mol. The van der Waals surface area contributed by atoms with Crippen molar-refractivity contribution in [3.8, 4) is 5.69 Å². The van der Waals surface area contributed by atoms with E-state index in [1.54, 1.807) is 24.3 Å². The summed E-state index contributed by atoms with van der Waals surface area (Å²) in [5, 5.41) is 13.2. The van der Waals surface area contributed by atoms with E-state index in [4.69, 9.17) is 26.7 Å². The van der Waals surface area contributed by atoms with E-state index in [9.17, 15) is 4.79 Å². The SMILES string of the molecule is Cc1cccc(-n2nc(C)c3c(NC4CCC(NC(=O)c5ccc(Cl)cc5)CC4)nc(C)nc32)c1. The highest BCUT2D eigenvalue weighted by Crippen LogP contribution is 2.29. The molecular weight excluding hydrogens is 460 g/mol. The average Bonchev–Trinajstić information content (AvgIpc) is 3.17. The summed E-state index contributed by atoms with van der Waals surface area (Å²) in [6.45, 7) is 5.99. The minimum Gasteiger partial charge on any atom is -0.367 e. The Bertz CT molecular complexity index is 1370. The molecule has 180 valence electrons. The van der Waals surface area contributed by atoms with Crippen LogP contribution in [0.4, 0.5) is 5.82 Å². The number of fused-ring (bicyclic) bond motifs is 1. The van der Waals surface area contributed by atoms with Crippen molar-refractivity contribution in [1.82, 2.24) is 25.1 Å². The second kappa shape index (κ2) is 9.66. The van der Waals surface area contributed by atoms with E-state index in [2.05, 4.69) is 29.7 Å². The number of hydrogen-bond acceptors (Lipinski definition) is 5. The molecule has 7 nitrogen and oxygen atoms in total. The smallest absolute Gasteiger partial charge is 0.251 e. The van der Waals surface area contributed by atoms with Gasteiger partial charge in [-0.15, -0.1) is 0 Å². The molecule has 8 heteroatoms. The molecule has 1 saturated carbocycles. The number of anilines is 1. The molecule has 4 aromatic rings. The molecule has 1 amide bonds. The number of carbonyl (C=O) groups excluding carboxylic acids is 1. The van der Waals surface area contributed by atoms with Gasteiger partial charge < -0.3 is 10.6 Å². The summed E-state index contributed by atoms with van der Waals surface area (Å²) in [5.41, 5.74) is 4.51. The topological polar surface area (TPSA) is 84.7 Å². The molecule has 2 aromatic heterocycles. The number of amides is 1. The lowest BCUT2D eigenvalue weighted by atomic mass is 9.91. The number of rotatable bonds is 5. The lowest BCUT2D eigenvalue weighted by molar-refractivity contribution is 0.0926. The Kier molecular flexibility index (Phi) is 6.43. The van der Waals surface area contributed by atoms with E-state index in [1.165, 1.54) is 5.56 Å². The van der Waals surface area contributed by atoms with E-state index in [1.807, 2.05) is 30.7 Å². The zero-order chi connectivity index (χ0) is 24.5. The summed E-state index contributed by atoms with van der Waals surface area (Å²) in [7, 11) is 0. The first-order chi connectivity index (χ1) is 16.9. The maximum atomic E-state index is 12.6. The summed E-state index contributed by atoms with van der Waals surface area (Å²) in [6, 6.07) is 15.7. The van der Waals surface area contributed by atoms with Crippen LogP contribution in [0, 0.1) is 20.8 Å². The fraction of sp³-hybridized carbons (Fsp3) is 0.333. The largest absolute Gasteiger partial charge is 0.367 e. The Labute approximate surface area is 209 Å². The third-order valence-electron chi connectivity index (χ3n) is 6.57. The van der Waals surface area contributed by atoms with Crippen LogP contribution >= 0.6 is 11.6 Å². The van der Waals surface area contributed by atoms with Gasteiger partial charge in [-0.1, -0.05) is 23.7 Å². The van der Waals surface area contributed by atoms with Crippen LogP contribution in [-0.4, -0.2) is 37.7 Å². The van der Waals surface area contributed by atoms with Gasteiger partial charge in [-0.25, -0.2) is 14.6 Å². The Morgan fingerprint density at radius 3 is 2.40 bits per heavy atom. The second-order valence-electron chi connectivity index (χ2n) is 9.33. The lowest BCUT2D eigenvalue weighted by Gasteiger charge is -2.30. The van der Waals surface area contributed by atoms with Gasteiger partial charge in [0.05, 0.1) is 16.8 Å². The van der Waals surface area contributed by atoms with Gasteiger partial charge >= 0.3 is 0 Å². The van der Waals surface area contributed by atoms with Crippen molar-refractivity contribution >= 4 is 34.4 Å². The number of halogens is 1. The summed E-state index contributed by atoms with van der Waals surface area (Å²) < 4.78 is 1.90. The first-order valence-electron chi connectivity index (χ1n) is 12.0. The number of aryl methyl sites for hydroxylation is 3. The number of hydrogen-bond donors (Lipinski definition) is 2. The molecule has 0 saturated heterocycles. The van der Waals surface area contributed by atoms with Gasteiger partial charge in [-0.3, -0.25) is 4.79 Å². The van der Waals surface area contributed by atoms with Crippen LogP contribution in [0.25, 0.3) is 16.7 Å². The highest BCUT2D eigenvalue weighted by molar-refractivity contribution is 6.30. The van der Waals surface area contributed by atoms with Gasteiger partial charge in [0, 0.05) is 22.7 Å². The van der Waals surface area contributed by atoms with Crippen molar-refractivity contribution in [3.63, 3.8) is 0 Å². The molecule has 0 atom stereocenters. The highest BCUT2D eigenvalue weighted by atomic mass is 35.5. The molecule has 2 heterocycles. The predicted octanol–water partition coefficient (Wildman–Crippen LogP) is 5.55. The Morgan fingerprint density at radius 2 is 1.69 bits per heavy atom. The number of nitrogens with zero attached hydrogens (tertiary/aromatic N) is 4.